The van der Waals surface area contributed by atoms with Gasteiger partial charge in [0.15, 0.2) is 18.1 Å². The SMILES string of the molecule is COc1cc(/C=N/NC(=O)COc2c(C)cc(Br)cc2C)cc(Br)c1O. The number of ether oxygens (including phenoxy) is 2. The molecule has 0 saturated carbocycles. The van der Waals surface area contributed by atoms with Gasteiger partial charge in [0.2, 0.25) is 0 Å². The third kappa shape index (κ3) is 5.22. The van der Waals surface area contributed by atoms with Gasteiger partial charge in [0.05, 0.1) is 17.8 Å². The highest BCUT2D eigenvalue weighted by Crippen LogP contribution is 2.34. The van der Waals surface area contributed by atoms with Crippen molar-refractivity contribution >= 4 is 44.0 Å². The van der Waals surface area contributed by atoms with E-state index >= 15 is 0 Å². The van der Waals surface area contributed by atoms with Crippen molar-refractivity contribution in [2.75, 3.05) is 13.7 Å². The van der Waals surface area contributed by atoms with Crippen LogP contribution in [0.25, 0.3) is 0 Å². The highest BCUT2D eigenvalue weighted by atomic mass is 79.9. The number of halogens is 2. The Morgan fingerprint density at radius 2 is 1.88 bits per heavy atom. The Morgan fingerprint density at radius 3 is 2.50 bits per heavy atom. The van der Waals surface area contributed by atoms with Crippen LogP contribution in [0.1, 0.15) is 16.7 Å². The summed E-state index contributed by atoms with van der Waals surface area (Å²) in [6.45, 7) is 3.68. The molecular weight excluding hydrogens is 468 g/mol. The van der Waals surface area contributed by atoms with Gasteiger partial charge in [-0.3, -0.25) is 4.79 Å². The summed E-state index contributed by atoms with van der Waals surface area (Å²) in [7, 11) is 1.45. The van der Waals surface area contributed by atoms with Crippen LogP contribution in [0, 0.1) is 13.8 Å². The Morgan fingerprint density at radius 1 is 1.23 bits per heavy atom. The summed E-state index contributed by atoms with van der Waals surface area (Å²) in [6.07, 6.45) is 1.45. The van der Waals surface area contributed by atoms with Crippen molar-refractivity contribution in [2.24, 2.45) is 5.10 Å². The maximum atomic E-state index is 11.9. The van der Waals surface area contributed by atoms with E-state index in [1.807, 2.05) is 26.0 Å². The number of hydrogen-bond donors (Lipinski definition) is 2. The number of rotatable bonds is 6. The van der Waals surface area contributed by atoms with Crippen LogP contribution in [-0.4, -0.2) is 30.9 Å². The quantitative estimate of drug-likeness (QED) is 0.477. The van der Waals surface area contributed by atoms with Crippen molar-refractivity contribution in [2.45, 2.75) is 13.8 Å². The second-order valence-electron chi connectivity index (χ2n) is 5.50. The lowest BCUT2D eigenvalue weighted by atomic mass is 10.1. The van der Waals surface area contributed by atoms with Crippen molar-refractivity contribution in [1.29, 1.82) is 0 Å². The highest BCUT2D eigenvalue weighted by Gasteiger charge is 2.09. The second kappa shape index (κ2) is 9.05. The van der Waals surface area contributed by atoms with Gasteiger partial charge < -0.3 is 14.6 Å². The number of hydrazone groups is 1. The third-order valence-corrected chi connectivity index (χ3v) is 4.51. The lowest BCUT2D eigenvalue weighted by Gasteiger charge is -2.11. The first-order valence-corrected chi connectivity index (χ1v) is 9.18. The van der Waals surface area contributed by atoms with Gasteiger partial charge in [-0.25, -0.2) is 5.43 Å². The van der Waals surface area contributed by atoms with Gasteiger partial charge in [0.25, 0.3) is 5.91 Å². The molecule has 0 aliphatic heterocycles. The van der Waals surface area contributed by atoms with Crippen LogP contribution in [0.5, 0.6) is 17.2 Å². The minimum Gasteiger partial charge on any atom is -0.503 e. The number of nitrogens with one attached hydrogen (secondary N) is 1. The molecule has 26 heavy (non-hydrogen) atoms. The summed E-state index contributed by atoms with van der Waals surface area (Å²) in [6, 6.07) is 7.10. The van der Waals surface area contributed by atoms with E-state index in [1.54, 1.807) is 12.1 Å². The first-order chi connectivity index (χ1) is 12.3. The Kier molecular flexibility index (Phi) is 7.05. The lowest BCUT2D eigenvalue weighted by Crippen LogP contribution is -2.25. The van der Waals surface area contributed by atoms with Crippen LogP contribution >= 0.6 is 31.9 Å². The Labute approximate surface area is 168 Å². The Balaban J connectivity index is 1.95. The largest absolute Gasteiger partial charge is 0.503 e. The fraction of sp³-hybridized carbons (Fsp3) is 0.222. The van der Waals surface area contributed by atoms with E-state index in [-0.39, 0.29) is 18.3 Å². The number of methoxy groups -OCH3 is 1. The fourth-order valence-electron chi connectivity index (χ4n) is 2.30. The molecule has 0 atom stereocenters. The number of carbonyl (C=O) groups excluding carboxylic acids is 1. The standard InChI is InChI=1S/C18H18Br2N2O4/c1-10-4-13(19)5-11(2)18(10)26-9-16(23)22-21-8-12-6-14(20)17(24)15(7-12)25-3/h4-8,24H,9H2,1-3H3,(H,22,23)/b21-8+. The van der Waals surface area contributed by atoms with Gasteiger partial charge in [0, 0.05) is 4.47 Å². The van der Waals surface area contributed by atoms with Crippen molar-refractivity contribution in [3.63, 3.8) is 0 Å². The zero-order valence-corrected chi connectivity index (χ0v) is 17.6. The summed E-state index contributed by atoms with van der Waals surface area (Å²) in [5.74, 6) is 0.603. The Hall–Kier alpha value is -2.06. The molecule has 8 heteroatoms. The van der Waals surface area contributed by atoms with Gasteiger partial charge in [-0.05, 0) is 70.7 Å². The molecule has 0 aliphatic rings. The molecule has 6 nitrogen and oxygen atoms in total. The van der Waals surface area contributed by atoms with Gasteiger partial charge >= 0.3 is 0 Å². The van der Waals surface area contributed by atoms with Crippen LogP contribution in [0.2, 0.25) is 0 Å². The van der Waals surface area contributed by atoms with Crippen LogP contribution in [-0.2, 0) is 4.79 Å². The van der Waals surface area contributed by atoms with E-state index in [0.717, 1.165) is 15.6 Å². The molecule has 0 saturated heterocycles. The average Bonchev–Trinajstić information content (AvgIpc) is 2.56. The molecule has 2 N–H and O–H groups in total. The molecule has 138 valence electrons. The van der Waals surface area contributed by atoms with Crippen LogP contribution < -0.4 is 14.9 Å². The molecule has 2 rings (SSSR count). The third-order valence-electron chi connectivity index (χ3n) is 3.45. The van der Waals surface area contributed by atoms with E-state index in [9.17, 15) is 9.90 Å². The molecule has 0 fully saturated rings. The molecule has 1 amide bonds. The van der Waals surface area contributed by atoms with Gasteiger partial charge in [-0.15, -0.1) is 0 Å². The normalized spacial score (nSPS) is 10.8. The predicted molar refractivity (Wildman–Crippen MR) is 107 cm³/mol. The summed E-state index contributed by atoms with van der Waals surface area (Å²) in [5, 5.41) is 13.7. The fourth-order valence-corrected chi connectivity index (χ4v) is 3.44. The number of nitrogens with zero attached hydrogens (tertiary/aromatic N) is 1. The summed E-state index contributed by atoms with van der Waals surface area (Å²) in [5.41, 5.74) is 4.92. The molecule has 2 aromatic rings. The van der Waals surface area contributed by atoms with E-state index in [1.165, 1.54) is 13.3 Å². The monoisotopic (exact) mass is 484 g/mol. The summed E-state index contributed by atoms with van der Waals surface area (Å²) >= 11 is 6.65. The maximum Gasteiger partial charge on any atom is 0.277 e. The molecule has 2 aromatic carbocycles. The zero-order valence-electron chi connectivity index (χ0n) is 14.5. The lowest BCUT2D eigenvalue weighted by molar-refractivity contribution is -0.123. The minimum atomic E-state index is -0.382. The predicted octanol–water partition coefficient (Wildman–Crippen LogP) is 4.07. The molecule has 0 spiro atoms. The number of benzene rings is 2. The number of phenolic OH excluding ortho intramolecular Hbond substituents is 1. The van der Waals surface area contributed by atoms with Gasteiger partial charge in [-0.1, -0.05) is 15.9 Å². The summed E-state index contributed by atoms with van der Waals surface area (Å²) < 4.78 is 12.1. The number of aromatic hydroxyl groups is 1. The smallest absolute Gasteiger partial charge is 0.277 e. The van der Waals surface area contributed by atoms with Crippen molar-refractivity contribution < 1.29 is 19.4 Å². The minimum absolute atomic E-state index is 0.00215. The van der Waals surface area contributed by atoms with E-state index in [4.69, 9.17) is 9.47 Å². The number of amides is 1. The van der Waals surface area contributed by atoms with Gasteiger partial charge in [-0.2, -0.15) is 5.10 Å². The van der Waals surface area contributed by atoms with Crippen molar-refractivity contribution in [1.82, 2.24) is 5.43 Å². The van der Waals surface area contributed by atoms with Crippen molar-refractivity contribution in [3.8, 4) is 17.2 Å². The maximum absolute atomic E-state index is 11.9. The summed E-state index contributed by atoms with van der Waals surface area (Å²) in [4.78, 5) is 11.9. The topological polar surface area (TPSA) is 80.2 Å². The van der Waals surface area contributed by atoms with Crippen LogP contribution in [0.3, 0.4) is 0 Å². The molecule has 0 bridgehead atoms. The number of aryl methyl sites for hydroxylation is 2. The zero-order chi connectivity index (χ0) is 19.3. The first-order valence-electron chi connectivity index (χ1n) is 7.59. The van der Waals surface area contributed by atoms with Crippen LogP contribution in [0.15, 0.2) is 38.3 Å². The van der Waals surface area contributed by atoms with Crippen LogP contribution in [0.4, 0.5) is 0 Å². The van der Waals surface area contributed by atoms with E-state index in [0.29, 0.717) is 21.5 Å². The molecule has 0 heterocycles. The Bertz CT molecular complexity index is 830. The van der Waals surface area contributed by atoms with E-state index < -0.39 is 0 Å². The van der Waals surface area contributed by atoms with Gasteiger partial charge in [0.1, 0.15) is 5.75 Å². The molecular formula is C18H18Br2N2O4. The van der Waals surface area contributed by atoms with Crippen molar-refractivity contribution in [3.05, 3.63) is 49.9 Å². The molecule has 0 aromatic heterocycles. The average molecular weight is 486 g/mol. The second-order valence-corrected chi connectivity index (χ2v) is 7.27. The molecule has 0 unspecified atom stereocenters. The molecule has 0 aliphatic carbocycles. The highest BCUT2D eigenvalue weighted by molar-refractivity contribution is 9.10. The molecule has 0 radical (unpaired) electrons. The first kappa shape index (κ1) is 20.3. The number of carbonyl (C=O) groups is 1. The van der Waals surface area contributed by atoms with E-state index in [2.05, 4.69) is 42.4 Å². The number of phenols is 1. The number of hydrogen-bond acceptors (Lipinski definition) is 5.